The Hall–Kier alpha value is -4.95. The van der Waals surface area contributed by atoms with Crippen LogP contribution < -0.4 is 21.4 Å². The van der Waals surface area contributed by atoms with E-state index in [-0.39, 0.29) is 55.2 Å². The lowest BCUT2D eigenvalue weighted by atomic mass is 10.1. The molecule has 0 aromatic heterocycles. The number of carbonyl (C=O) groups excluding carboxylic acids is 5. The van der Waals surface area contributed by atoms with Crippen LogP contribution in [0.4, 0.5) is 0 Å². The minimum Gasteiger partial charge on any atom is -0.350 e. The van der Waals surface area contributed by atoms with Gasteiger partial charge in [-0.15, -0.1) is 6.42 Å². The van der Waals surface area contributed by atoms with E-state index in [1.807, 2.05) is 0 Å². The van der Waals surface area contributed by atoms with E-state index in [2.05, 4.69) is 21.9 Å². The van der Waals surface area contributed by atoms with E-state index >= 15 is 0 Å². The predicted octanol–water partition coefficient (Wildman–Crippen LogP) is -0.102. The van der Waals surface area contributed by atoms with Gasteiger partial charge < -0.3 is 16.0 Å². The SMILES string of the molecule is C#CCN1C(=O)CNC(=O)/C1=C/c1ccc(C(=O)NCCNC(=O)c2ccc(C(=O)NO)cc2)cc1. The molecule has 1 saturated heterocycles. The summed E-state index contributed by atoms with van der Waals surface area (Å²) in [7, 11) is 0. The highest BCUT2D eigenvalue weighted by Crippen LogP contribution is 2.15. The van der Waals surface area contributed by atoms with Crippen LogP contribution in [-0.2, 0) is 9.59 Å². The van der Waals surface area contributed by atoms with E-state index < -0.39 is 11.8 Å². The highest BCUT2D eigenvalue weighted by atomic mass is 16.5. The number of hydroxylamine groups is 1. The van der Waals surface area contributed by atoms with Crippen LogP contribution >= 0.6 is 0 Å². The molecule has 0 saturated carbocycles. The van der Waals surface area contributed by atoms with Crippen LogP contribution in [0, 0.1) is 12.3 Å². The van der Waals surface area contributed by atoms with Crippen LogP contribution in [0.2, 0.25) is 0 Å². The van der Waals surface area contributed by atoms with Gasteiger partial charge in [0.2, 0.25) is 5.91 Å². The summed E-state index contributed by atoms with van der Waals surface area (Å²) in [6.45, 7) is 0.195. The molecule has 0 radical (unpaired) electrons. The van der Waals surface area contributed by atoms with Crippen molar-refractivity contribution in [3.05, 3.63) is 76.5 Å². The Morgan fingerprint density at radius 3 is 1.92 bits per heavy atom. The Bertz CT molecular complexity index is 1250. The number of nitrogens with zero attached hydrogens (tertiary/aromatic N) is 1. The zero-order valence-corrected chi connectivity index (χ0v) is 19.0. The zero-order chi connectivity index (χ0) is 26.1. The monoisotopic (exact) mass is 489 g/mol. The molecule has 5 amide bonds. The third-order valence-corrected chi connectivity index (χ3v) is 5.16. The second kappa shape index (κ2) is 12.0. The summed E-state index contributed by atoms with van der Waals surface area (Å²) < 4.78 is 0. The molecular formula is C25H23N5O6. The maximum atomic E-state index is 12.4. The summed E-state index contributed by atoms with van der Waals surface area (Å²) in [6, 6.07) is 12.1. The molecule has 1 aliphatic rings. The number of rotatable bonds is 8. The van der Waals surface area contributed by atoms with Crippen LogP contribution in [0.5, 0.6) is 0 Å². The van der Waals surface area contributed by atoms with Crippen LogP contribution in [0.15, 0.2) is 54.2 Å². The molecular weight excluding hydrogens is 466 g/mol. The number of carbonyl (C=O) groups is 5. The van der Waals surface area contributed by atoms with Gasteiger partial charge >= 0.3 is 0 Å². The molecule has 0 bridgehead atoms. The fraction of sp³-hybridized carbons (Fsp3) is 0.160. The van der Waals surface area contributed by atoms with E-state index in [1.165, 1.54) is 40.7 Å². The fourth-order valence-corrected chi connectivity index (χ4v) is 3.29. The number of terminal acetylenes is 1. The lowest BCUT2D eigenvalue weighted by Gasteiger charge is -2.27. The van der Waals surface area contributed by atoms with Crippen molar-refractivity contribution >= 4 is 35.6 Å². The Balaban J connectivity index is 1.51. The van der Waals surface area contributed by atoms with Gasteiger partial charge in [0.1, 0.15) is 5.70 Å². The predicted molar refractivity (Wildman–Crippen MR) is 128 cm³/mol. The van der Waals surface area contributed by atoms with Crippen molar-refractivity contribution in [3.8, 4) is 12.3 Å². The number of benzene rings is 2. The highest BCUT2D eigenvalue weighted by Gasteiger charge is 2.28. The third kappa shape index (κ3) is 6.34. The number of hydrogen-bond acceptors (Lipinski definition) is 6. The van der Waals surface area contributed by atoms with Crippen LogP contribution in [-0.4, -0.2) is 65.8 Å². The maximum absolute atomic E-state index is 12.4. The number of amides is 5. The second-order valence-electron chi connectivity index (χ2n) is 7.55. The molecule has 11 nitrogen and oxygen atoms in total. The highest BCUT2D eigenvalue weighted by molar-refractivity contribution is 6.06. The molecule has 5 N–H and O–H groups in total. The van der Waals surface area contributed by atoms with Crippen molar-refractivity contribution in [1.82, 2.24) is 26.3 Å². The summed E-state index contributed by atoms with van der Waals surface area (Å²) in [5.74, 6) is 0.199. The molecule has 1 aliphatic heterocycles. The third-order valence-electron chi connectivity index (χ3n) is 5.16. The zero-order valence-electron chi connectivity index (χ0n) is 19.0. The lowest BCUT2D eigenvalue weighted by molar-refractivity contribution is -0.135. The van der Waals surface area contributed by atoms with Crippen molar-refractivity contribution < 1.29 is 29.2 Å². The van der Waals surface area contributed by atoms with E-state index in [0.29, 0.717) is 16.7 Å². The average molecular weight is 489 g/mol. The van der Waals surface area contributed by atoms with Crippen LogP contribution in [0.25, 0.3) is 6.08 Å². The van der Waals surface area contributed by atoms with E-state index in [0.717, 1.165) is 0 Å². The molecule has 2 aromatic rings. The molecule has 0 spiro atoms. The van der Waals surface area contributed by atoms with Crippen molar-refractivity contribution in [2.75, 3.05) is 26.2 Å². The van der Waals surface area contributed by atoms with Gasteiger partial charge in [0.15, 0.2) is 0 Å². The number of piperazine rings is 1. The first-order valence-electron chi connectivity index (χ1n) is 10.8. The van der Waals surface area contributed by atoms with Crippen LogP contribution in [0.3, 0.4) is 0 Å². The van der Waals surface area contributed by atoms with E-state index in [4.69, 9.17) is 11.6 Å². The van der Waals surface area contributed by atoms with Gasteiger partial charge in [-0.05, 0) is 48.0 Å². The number of hydrogen-bond donors (Lipinski definition) is 5. The summed E-state index contributed by atoms with van der Waals surface area (Å²) in [6.07, 6.45) is 6.82. The van der Waals surface area contributed by atoms with Crippen LogP contribution in [0.1, 0.15) is 36.6 Å². The molecule has 0 unspecified atom stereocenters. The Labute approximate surface area is 206 Å². The molecule has 36 heavy (non-hydrogen) atoms. The van der Waals surface area contributed by atoms with Gasteiger partial charge in [-0.2, -0.15) is 0 Å². The second-order valence-corrected chi connectivity index (χ2v) is 7.55. The van der Waals surface area contributed by atoms with Gasteiger partial charge in [0, 0.05) is 29.8 Å². The molecule has 0 atom stereocenters. The minimum absolute atomic E-state index is 0.0265. The molecule has 2 aromatic carbocycles. The first-order valence-corrected chi connectivity index (χ1v) is 10.8. The van der Waals surface area contributed by atoms with Gasteiger partial charge in [0.05, 0.1) is 13.1 Å². The van der Waals surface area contributed by atoms with Gasteiger partial charge in [0.25, 0.3) is 23.6 Å². The van der Waals surface area contributed by atoms with Crippen molar-refractivity contribution in [2.24, 2.45) is 0 Å². The molecule has 0 aliphatic carbocycles. The molecule has 3 rings (SSSR count). The quantitative estimate of drug-likeness (QED) is 0.115. The average Bonchev–Trinajstić information content (AvgIpc) is 2.90. The standard InChI is InChI=1S/C25H23N5O6/c1-2-13-30-20(25(35)28-15-21(30)31)14-16-3-5-17(6-4-16)22(32)26-11-12-27-23(33)18-7-9-19(10-8-18)24(34)29-36/h1,3-10,14,36H,11-13,15H2,(H,26,32)(H,27,33)(H,28,35)(H,29,34)/b20-14-. The fourth-order valence-electron chi connectivity index (χ4n) is 3.29. The normalized spacial score (nSPS) is 14.0. The summed E-state index contributed by atoms with van der Waals surface area (Å²) in [5, 5.41) is 16.4. The summed E-state index contributed by atoms with van der Waals surface area (Å²) >= 11 is 0. The number of nitrogens with one attached hydrogen (secondary N) is 4. The Morgan fingerprint density at radius 1 is 0.917 bits per heavy atom. The van der Waals surface area contributed by atoms with Crippen molar-refractivity contribution in [3.63, 3.8) is 0 Å². The molecule has 11 heteroatoms. The minimum atomic E-state index is -0.685. The summed E-state index contributed by atoms with van der Waals surface area (Å²) in [5.41, 5.74) is 3.12. The van der Waals surface area contributed by atoms with Gasteiger partial charge in [-0.1, -0.05) is 18.1 Å². The lowest BCUT2D eigenvalue weighted by Crippen LogP contribution is -2.49. The first-order chi connectivity index (χ1) is 17.3. The molecule has 1 fully saturated rings. The summed E-state index contributed by atoms with van der Waals surface area (Å²) in [4.78, 5) is 61.3. The topological polar surface area (TPSA) is 157 Å². The van der Waals surface area contributed by atoms with E-state index in [1.54, 1.807) is 24.3 Å². The molecule has 1 heterocycles. The van der Waals surface area contributed by atoms with Crippen molar-refractivity contribution in [2.45, 2.75) is 0 Å². The largest absolute Gasteiger partial charge is 0.350 e. The Kier molecular flexibility index (Phi) is 8.53. The Morgan fingerprint density at radius 2 is 1.42 bits per heavy atom. The first kappa shape index (κ1) is 25.7. The molecule has 184 valence electrons. The van der Waals surface area contributed by atoms with Crippen molar-refractivity contribution in [1.29, 1.82) is 0 Å². The van der Waals surface area contributed by atoms with E-state index in [9.17, 15) is 24.0 Å². The maximum Gasteiger partial charge on any atom is 0.274 e. The van der Waals surface area contributed by atoms with Gasteiger partial charge in [-0.25, -0.2) is 5.48 Å². The smallest absolute Gasteiger partial charge is 0.274 e. The van der Waals surface area contributed by atoms with Gasteiger partial charge in [-0.3, -0.25) is 34.1 Å².